The molecular formula is C17H19N3O4S. The van der Waals surface area contributed by atoms with E-state index in [0.717, 1.165) is 18.4 Å². The van der Waals surface area contributed by atoms with Crippen LogP contribution in [0.5, 0.6) is 0 Å². The molecule has 132 valence electrons. The monoisotopic (exact) mass is 361 g/mol. The molecule has 1 saturated carbocycles. The third kappa shape index (κ3) is 3.82. The molecule has 2 aliphatic rings. The van der Waals surface area contributed by atoms with Crippen molar-refractivity contribution in [3.05, 3.63) is 41.2 Å². The molecule has 0 aromatic heterocycles. The molecule has 0 spiro atoms. The lowest BCUT2D eigenvalue weighted by molar-refractivity contribution is -0.118. The summed E-state index contributed by atoms with van der Waals surface area (Å²) in [7, 11) is -1.20. The maximum atomic E-state index is 12.1. The number of rotatable bonds is 6. The van der Waals surface area contributed by atoms with Crippen LogP contribution in [0.15, 0.2) is 24.3 Å². The summed E-state index contributed by atoms with van der Waals surface area (Å²) in [6, 6.07) is 7.42. The highest BCUT2D eigenvalue weighted by atomic mass is 32.2. The van der Waals surface area contributed by atoms with Crippen LogP contribution in [0.25, 0.3) is 4.85 Å². The Morgan fingerprint density at radius 2 is 2.12 bits per heavy atom. The zero-order chi connectivity index (χ0) is 18.0. The summed E-state index contributed by atoms with van der Waals surface area (Å²) >= 11 is 0. The van der Waals surface area contributed by atoms with Crippen molar-refractivity contribution in [2.24, 2.45) is 0 Å². The molecule has 0 bridgehead atoms. The Hall–Kier alpha value is -2.40. The topological polar surface area (TPSA) is 80.1 Å². The van der Waals surface area contributed by atoms with Gasteiger partial charge in [-0.2, -0.15) is 0 Å². The predicted octanol–water partition coefficient (Wildman–Crippen LogP) is 1.41. The number of cyclic esters (lactones) is 1. The average Bonchev–Trinajstić information content (AvgIpc) is 3.30. The van der Waals surface area contributed by atoms with Gasteiger partial charge in [-0.3, -0.25) is 13.9 Å². The van der Waals surface area contributed by atoms with Crippen LogP contribution in [0.3, 0.4) is 0 Å². The molecule has 2 atom stereocenters. The van der Waals surface area contributed by atoms with Gasteiger partial charge in [0.2, 0.25) is 5.91 Å². The highest BCUT2D eigenvalue weighted by Crippen LogP contribution is 2.49. The van der Waals surface area contributed by atoms with Crippen molar-refractivity contribution in [1.82, 2.24) is 5.32 Å². The third-order valence-corrected chi connectivity index (χ3v) is 5.06. The first-order chi connectivity index (χ1) is 11.9. The van der Waals surface area contributed by atoms with E-state index in [1.807, 2.05) is 24.3 Å². The lowest BCUT2D eigenvalue weighted by atomic mass is 10.1. The first-order valence-electron chi connectivity index (χ1n) is 7.97. The van der Waals surface area contributed by atoms with Gasteiger partial charge in [0.25, 0.3) is 5.54 Å². The number of carbonyl (C=O) groups excluding carboxylic acids is 2. The maximum absolute atomic E-state index is 12.1. The number of hydrogen-bond donors (Lipinski definition) is 1. The SMILES string of the molecule is [C-]#[N+]C1(c2ccc(N3C[C@H](CNC(=O)CS(C)=O)OC3=O)cc2)CC1. The third-order valence-electron chi connectivity index (χ3n) is 4.39. The zero-order valence-electron chi connectivity index (χ0n) is 13.9. The fourth-order valence-electron chi connectivity index (χ4n) is 2.84. The van der Waals surface area contributed by atoms with Crippen molar-refractivity contribution in [2.75, 3.05) is 30.0 Å². The second kappa shape index (κ2) is 6.84. The highest BCUT2D eigenvalue weighted by molar-refractivity contribution is 7.85. The number of anilines is 1. The van der Waals surface area contributed by atoms with Gasteiger partial charge < -0.3 is 14.9 Å². The van der Waals surface area contributed by atoms with E-state index in [9.17, 15) is 13.8 Å². The van der Waals surface area contributed by atoms with E-state index in [-0.39, 0.29) is 23.7 Å². The van der Waals surface area contributed by atoms with Crippen molar-refractivity contribution >= 4 is 28.5 Å². The molecule has 1 unspecified atom stereocenters. The molecule has 2 amide bonds. The number of carbonyl (C=O) groups is 2. The van der Waals surface area contributed by atoms with Crippen LogP contribution in [0.2, 0.25) is 0 Å². The number of ether oxygens (including phenoxy) is 1. The van der Waals surface area contributed by atoms with Gasteiger partial charge in [-0.15, -0.1) is 0 Å². The van der Waals surface area contributed by atoms with Crippen LogP contribution < -0.4 is 10.2 Å². The second-order valence-electron chi connectivity index (χ2n) is 6.33. The van der Waals surface area contributed by atoms with E-state index in [0.29, 0.717) is 12.2 Å². The van der Waals surface area contributed by atoms with Crippen molar-refractivity contribution in [3.63, 3.8) is 0 Å². The second-order valence-corrected chi connectivity index (χ2v) is 7.76. The molecule has 0 radical (unpaired) electrons. The van der Waals surface area contributed by atoms with E-state index in [2.05, 4.69) is 10.2 Å². The normalized spacial score (nSPS) is 22.0. The van der Waals surface area contributed by atoms with E-state index in [4.69, 9.17) is 11.3 Å². The minimum atomic E-state index is -1.20. The van der Waals surface area contributed by atoms with Gasteiger partial charge in [-0.1, -0.05) is 0 Å². The first kappa shape index (κ1) is 17.4. The van der Waals surface area contributed by atoms with E-state index < -0.39 is 23.0 Å². The van der Waals surface area contributed by atoms with Crippen LogP contribution in [0.1, 0.15) is 18.4 Å². The van der Waals surface area contributed by atoms with Gasteiger partial charge in [-0.05, 0) is 24.3 Å². The van der Waals surface area contributed by atoms with Gasteiger partial charge in [0.05, 0.1) is 13.1 Å². The summed E-state index contributed by atoms with van der Waals surface area (Å²) in [5.41, 5.74) is 1.32. The van der Waals surface area contributed by atoms with Crippen LogP contribution in [0.4, 0.5) is 10.5 Å². The fourth-order valence-corrected chi connectivity index (χ4v) is 3.31. The van der Waals surface area contributed by atoms with Crippen LogP contribution >= 0.6 is 0 Å². The maximum Gasteiger partial charge on any atom is 0.414 e. The Morgan fingerprint density at radius 1 is 1.44 bits per heavy atom. The predicted molar refractivity (Wildman–Crippen MR) is 93.5 cm³/mol. The molecule has 1 heterocycles. The van der Waals surface area contributed by atoms with Crippen molar-refractivity contribution in [1.29, 1.82) is 0 Å². The lowest BCUT2D eigenvalue weighted by Gasteiger charge is -2.14. The zero-order valence-corrected chi connectivity index (χ0v) is 14.7. The van der Waals surface area contributed by atoms with Gasteiger partial charge in [0.1, 0.15) is 11.9 Å². The van der Waals surface area contributed by atoms with Gasteiger partial charge >= 0.3 is 6.09 Å². The Morgan fingerprint density at radius 3 is 2.68 bits per heavy atom. The van der Waals surface area contributed by atoms with Crippen molar-refractivity contribution in [3.8, 4) is 0 Å². The molecular weight excluding hydrogens is 342 g/mol. The summed E-state index contributed by atoms with van der Waals surface area (Å²) in [4.78, 5) is 28.8. The first-order valence-corrected chi connectivity index (χ1v) is 9.70. The molecule has 7 nitrogen and oxygen atoms in total. The van der Waals surface area contributed by atoms with Crippen LogP contribution in [-0.2, 0) is 25.9 Å². The van der Waals surface area contributed by atoms with Crippen molar-refractivity contribution < 1.29 is 18.5 Å². The van der Waals surface area contributed by atoms with Gasteiger partial charge in [0.15, 0.2) is 0 Å². The Labute approximate surface area is 148 Å². The molecule has 1 aromatic rings. The number of hydrogen-bond acceptors (Lipinski definition) is 4. The molecule has 25 heavy (non-hydrogen) atoms. The molecule has 2 fully saturated rings. The summed E-state index contributed by atoms with van der Waals surface area (Å²) in [6.07, 6.45) is 2.31. The quantitative estimate of drug-likeness (QED) is 0.777. The fraction of sp³-hybridized carbons (Fsp3) is 0.471. The standard InChI is InChI=1S/C17H19N3O4S/c1-18-17(7-8-17)12-3-5-13(6-4-12)20-10-14(24-16(20)22)9-19-15(21)11-25(2)23/h3-6,14H,7-11H2,2H3,(H,19,21)/t14-,25?/m0/s1. The van der Waals surface area contributed by atoms with E-state index in [1.165, 1.54) is 11.2 Å². The minimum absolute atomic E-state index is 0.0609. The average molecular weight is 361 g/mol. The largest absolute Gasteiger partial charge is 0.442 e. The van der Waals surface area contributed by atoms with Crippen molar-refractivity contribution in [2.45, 2.75) is 24.5 Å². The molecule has 1 saturated heterocycles. The van der Waals surface area contributed by atoms with Gasteiger partial charge in [0, 0.05) is 41.1 Å². The van der Waals surface area contributed by atoms with Gasteiger partial charge in [-0.25, -0.2) is 11.4 Å². The molecule has 1 N–H and O–H groups in total. The highest BCUT2D eigenvalue weighted by Gasteiger charge is 2.52. The minimum Gasteiger partial charge on any atom is -0.442 e. The number of nitrogens with one attached hydrogen (secondary N) is 1. The summed E-state index contributed by atoms with van der Waals surface area (Å²) in [5.74, 6) is -0.386. The molecule has 1 aromatic carbocycles. The Bertz CT molecular complexity index is 752. The summed E-state index contributed by atoms with van der Waals surface area (Å²) in [6.45, 7) is 7.82. The molecule has 1 aliphatic heterocycles. The molecule has 1 aliphatic carbocycles. The lowest BCUT2D eigenvalue weighted by Crippen LogP contribution is -2.36. The van der Waals surface area contributed by atoms with Crippen LogP contribution in [-0.4, -0.2) is 47.4 Å². The molecule has 8 heteroatoms. The smallest absolute Gasteiger partial charge is 0.414 e. The summed E-state index contributed by atoms with van der Waals surface area (Å²) in [5, 5.41) is 2.62. The Balaban J connectivity index is 1.58. The molecule has 3 rings (SSSR count). The van der Waals surface area contributed by atoms with E-state index >= 15 is 0 Å². The summed E-state index contributed by atoms with van der Waals surface area (Å²) < 4.78 is 16.3. The van der Waals surface area contributed by atoms with E-state index in [1.54, 1.807) is 0 Å². The van der Waals surface area contributed by atoms with Crippen LogP contribution in [0, 0.1) is 6.57 Å². The Kier molecular flexibility index (Phi) is 4.77. The number of benzene rings is 1. The number of nitrogens with zero attached hydrogens (tertiary/aromatic N) is 2. The number of amides is 2.